The lowest BCUT2D eigenvalue weighted by molar-refractivity contribution is 0.458. The number of aryl methyl sites for hydroxylation is 4. The van der Waals surface area contributed by atoms with E-state index in [2.05, 4.69) is 0 Å². The number of phenolic OH excluding ortho intramolecular Hbond substituents is 3. The Kier molecular flexibility index (Phi) is 5.88. The Hall–Kier alpha value is -4.12. The first kappa shape index (κ1) is 22.1. The summed E-state index contributed by atoms with van der Waals surface area (Å²) in [4.78, 5) is 1.81. The smallest absolute Gasteiger partial charge is 0.142 e. The molecule has 33 heavy (non-hydrogen) atoms. The third-order valence-electron chi connectivity index (χ3n) is 5.71. The fourth-order valence-electron chi connectivity index (χ4n) is 3.75. The molecule has 0 amide bonds. The van der Waals surface area contributed by atoms with Crippen molar-refractivity contribution in [2.45, 2.75) is 27.7 Å². The van der Waals surface area contributed by atoms with Gasteiger partial charge in [0.25, 0.3) is 0 Å². The molecule has 0 aromatic heterocycles. The SMILES string of the molecule is Cc1cc(Oc2cccc(N(c3cccc(C)c3O)c3cccc(C)c3O)c2)c(C)cc1O. The van der Waals surface area contributed by atoms with Gasteiger partial charge in [0.15, 0.2) is 0 Å². The molecule has 5 heteroatoms. The van der Waals surface area contributed by atoms with Crippen LogP contribution in [-0.2, 0) is 0 Å². The summed E-state index contributed by atoms with van der Waals surface area (Å²) >= 11 is 0. The number of benzene rings is 4. The van der Waals surface area contributed by atoms with Gasteiger partial charge < -0.3 is 25.0 Å². The van der Waals surface area contributed by atoms with Crippen LogP contribution < -0.4 is 9.64 Å². The van der Waals surface area contributed by atoms with Crippen molar-refractivity contribution in [3.63, 3.8) is 0 Å². The Morgan fingerprint density at radius 1 is 0.606 bits per heavy atom. The van der Waals surface area contributed by atoms with Gasteiger partial charge in [0.05, 0.1) is 17.1 Å². The standard InChI is InChI=1S/C28H27NO4/c1-17-8-5-12-23(27(17)31)29(24-13-6-9-18(2)28(24)32)21-10-7-11-22(16-21)33-26-15-19(3)25(30)14-20(26)4/h5-16,30-32H,1-4H3. The minimum absolute atomic E-state index is 0.134. The lowest BCUT2D eigenvalue weighted by Gasteiger charge is -2.28. The van der Waals surface area contributed by atoms with Gasteiger partial charge >= 0.3 is 0 Å². The number of phenols is 3. The van der Waals surface area contributed by atoms with E-state index < -0.39 is 0 Å². The van der Waals surface area contributed by atoms with Crippen LogP contribution in [0.25, 0.3) is 0 Å². The maximum atomic E-state index is 10.9. The number of rotatable bonds is 5. The highest BCUT2D eigenvalue weighted by Crippen LogP contribution is 2.46. The Labute approximate surface area is 193 Å². The zero-order valence-electron chi connectivity index (χ0n) is 19.1. The number of hydrogen-bond acceptors (Lipinski definition) is 5. The predicted octanol–water partition coefficient (Wildman–Crippen LogP) is 7.30. The van der Waals surface area contributed by atoms with E-state index >= 15 is 0 Å². The maximum Gasteiger partial charge on any atom is 0.142 e. The summed E-state index contributed by atoms with van der Waals surface area (Å²) in [7, 11) is 0. The summed E-state index contributed by atoms with van der Waals surface area (Å²) in [5.41, 5.74) is 4.80. The number of hydrogen-bond donors (Lipinski definition) is 3. The van der Waals surface area contributed by atoms with Crippen LogP contribution >= 0.6 is 0 Å². The van der Waals surface area contributed by atoms with Crippen LogP contribution in [0.1, 0.15) is 22.3 Å². The lowest BCUT2D eigenvalue weighted by atomic mass is 10.1. The molecule has 3 N–H and O–H groups in total. The molecule has 168 valence electrons. The molecule has 0 atom stereocenters. The summed E-state index contributed by atoms with van der Waals surface area (Å²) in [5.74, 6) is 1.73. The minimum atomic E-state index is 0.134. The van der Waals surface area contributed by atoms with Gasteiger partial charge in [-0.1, -0.05) is 30.3 Å². The Balaban J connectivity index is 1.84. The van der Waals surface area contributed by atoms with Crippen LogP contribution in [0, 0.1) is 27.7 Å². The van der Waals surface area contributed by atoms with Gasteiger partial charge in [0, 0.05) is 6.07 Å². The molecule has 0 aliphatic rings. The molecule has 0 spiro atoms. The Morgan fingerprint density at radius 3 is 1.79 bits per heavy atom. The molecule has 4 aromatic carbocycles. The summed E-state index contributed by atoms with van der Waals surface area (Å²) in [6, 6.07) is 22.0. The van der Waals surface area contributed by atoms with Gasteiger partial charge in [-0.2, -0.15) is 0 Å². The molecule has 0 heterocycles. The monoisotopic (exact) mass is 441 g/mol. The number of ether oxygens (including phenoxy) is 1. The van der Waals surface area contributed by atoms with Crippen molar-refractivity contribution in [1.82, 2.24) is 0 Å². The first-order valence-corrected chi connectivity index (χ1v) is 10.7. The van der Waals surface area contributed by atoms with Crippen LogP contribution in [0.3, 0.4) is 0 Å². The molecular weight excluding hydrogens is 414 g/mol. The van der Waals surface area contributed by atoms with Gasteiger partial charge in [-0.25, -0.2) is 0 Å². The molecule has 0 aliphatic carbocycles. The summed E-state index contributed by atoms with van der Waals surface area (Å²) in [6.07, 6.45) is 0. The van der Waals surface area contributed by atoms with Crippen molar-refractivity contribution < 1.29 is 20.1 Å². The van der Waals surface area contributed by atoms with Crippen LogP contribution in [0.4, 0.5) is 17.1 Å². The normalized spacial score (nSPS) is 10.8. The second kappa shape index (κ2) is 8.79. The second-order valence-electron chi connectivity index (χ2n) is 8.22. The van der Waals surface area contributed by atoms with Crippen molar-refractivity contribution in [2.24, 2.45) is 0 Å². The number of aromatic hydroxyl groups is 3. The van der Waals surface area contributed by atoms with Crippen molar-refractivity contribution in [1.29, 1.82) is 0 Å². The van der Waals surface area contributed by atoms with E-state index in [0.29, 0.717) is 28.6 Å². The van der Waals surface area contributed by atoms with Gasteiger partial charge in [-0.15, -0.1) is 0 Å². The van der Waals surface area contributed by atoms with E-state index in [-0.39, 0.29) is 17.2 Å². The van der Waals surface area contributed by atoms with Crippen LogP contribution in [0.15, 0.2) is 72.8 Å². The number of para-hydroxylation sites is 2. The number of nitrogens with zero attached hydrogens (tertiary/aromatic N) is 1. The molecule has 4 aromatic rings. The molecule has 0 aliphatic heterocycles. The van der Waals surface area contributed by atoms with Crippen LogP contribution in [-0.4, -0.2) is 15.3 Å². The number of anilines is 3. The van der Waals surface area contributed by atoms with Crippen molar-refractivity contribution in [2.75, 3.05) is 4.90 Å². The highest BCUT2D eigenvalue weighted by molar-refractivity contribution is 5.84. The molecular formula is C28H27NO4. The second-order valence-corrected chi connectivity index (χ2v) is 8.22. The van der Waals surface area contributed by atoms with E-state index in [0.717, 1.165) is 22.3 Å². The fourth-order valence-corrected chi connectivity index (χ4v) is 3.75. The molecule has 4 rings (SSSR count). The molecule has 0 saturated heterocycles. The lowest BCUT2D eigenvalue weighted by Crippen LogP contribution is -2.11. The first-order valence-electron chi connectivity index (χ1n) is 10.7. The summed E-state index contributed by atoms with van der Waals surface area (Å²) in [5, 5.41) is 31.7. The van der Waals surface area contributed by atoms with Gasteiger partial charge in [0.1, 0.15) is 28.7 Å². The molecule has 5 nitrogen and oxygen atoms in total. The topological polar surface area (TPSA) is 73.2 Å². The molecule has 0 radical (unpaired) electrons. The zero-order chi connectivity index (χ0) is 23.7. The van der Waals surface area contributed by atoms with E-state index in [1.165, 1.54) is 0 Å². The summed E-state index contributed by atoms with van der Waals surface area (Å²) in [6.45, 7) is 7.37. The highest BCUT2D eigenvalue weighted by atomic mass is 16.5. The Bertz CT molecular complexity index is 1280. The average Bonchev–Trinajstić information content (AvgIpc) is 2.78. The highest BCUT2D eigenvalue weighted by Gasteiger charge is 2.21. The molecule has 0 unspecified atom stereocenters. The molecule has 0 bridgehead atoms. The largest absolute Gasteiger partial charge is 0.508 e. The van der Waals surface area contributed by atoms with Crippen molar-refractivity contribution >= 4 is 17.1 Å². The van der Waals surface area contributed by atoms with Gasteiger partial charge in [-0.05, 0) is 86.3 Å². The Morgan fingerprint density at radius 2 is 1.18 bits per heavy atom. The van der Waals surface area contributed by atoms with E-state index in [9.17, 15) is 15.3 Å². The van der Waals surface area contributed by atoms with Gasteiger partial charge in [0.2, 0.25) is 0 Å². The quantitative estimate of drug-likeness (QED) is 0.303. The maximum absolute atomic E-state index is 10.9. The first-order chi connectivity index (χ1) is 15.8. The minimum Gasteiger partial charge on any atom is -0.508 e. The third-order valence-corrected chi connectivity index (χ3v) is 5.71. The van der Waals surface area contributed by atoms with Gasteiger partial charge in [-0.3, -0.25) is 0 Å². The van der Waals surface area contributed by atoms with Crippen molar-refractivity contribution in [3.05, 3.63) is 95.1 Å². The molecule has 0 saturated carbocycles. The van der Waals surface area contributed by atoms with E-state index in [4.69, 9.17) is 4.74 Å². The zero-order valence-corrected chi connectivity index (χ0v) is 19.1. The van der Waals surface area contributed by atoms with Crippen LogP contribution in [0.5, 0.6) is 28.7 Å². The fraction of sp³-hybridized carbons (Fsp3) is 0.143. The third kappa shape index (κ3) is 4.30. The van der Waals surface area contributed by atoms with E-state index in [1.807, 2.05) is 93.3 Å². The summed E-state index contributed by atoms with van der Waals surface area (Å²) < 4.78 is 6.15. The van der Waals surface area contributed by atoms with Crippen LogP contribution in [0.2, 0.25) is 0 Å². The predicted molar refractivity (Wildman–Crippen MR) is 132 cm³/mol. The van der Waals surface area contributed by atoms with Crippen molar-refractivity contribution in [3.8, 4) is 28.7 Å². The molecule has 0 fully saturated rings. The van der Waals surface area contributed by atoms with E-state index in [1.54, 1.807) is 12.1 Å². The average molecular weight is 442 g/mol.